The second-order valence-electron chi connectivity index (χ2n) is 5.23. The molecule has 4 nitrogen and oxygen atoms in total. The maximum Gasteiger partial charge on any atom is 0.307 e. The summed E-state index contributed by atoms with van der Waals surface area (Å²) in [5.41, 5.74) is 1.91. The van der Waals surface area contributed by atoms with Crippen LogP contribution in [0.15, 0.2) is 36.4 Å². The number of hydrogen-bond acceptors (Lipinski definition) is 2. The lowest BCUT2D eigenvalue weighted by atomic mass is 9.82. The molecule has 0 aromatic heterocycles. The van der Waals surface area contributed by atoms with Gasteiger partial charge in [-0.05, 0) is 31.9 Å². The van der Waals surface area contributed by atoms with Crippen LogP contribution < -0.4 is 4.90 Å². The summed E-state index contributed by atoms with van der Waals surface area (Å²) >= 11 is 0. The number of carboxylic acid groups (broad SMARTS) is 1. The van der Waals surface area contributed by atoms with Crippen LogP contribution in [0.4, 0.5) is 5.69 Å². The Kier molecular flexibility index (Phi) is 4.23. The number of allylic oxidation sites excluding steroid dienone is 2. The summed E-state index contributed by atoms with van der Waals surface area (Å²) in [6, 6.07) is 7.63. The van der Waals surface area contributed by atoms with Gasteiger partial charge in [0.2, 0.25) is 5.91 Å². The number of nitrogens with zero attached hydrogens (tertiary/aromatic N) is 1. The molecule has 0 heterocycles. The van der Waals surface area contributed by atoms with Crippen molar-refractivity contribution < 1.29 is 14.7 Å². The highest BCUT2D eigenvalue weighted by Crippen LogP contribution is 2.29. The van der Waals surface area contributed by atoms with Gasteiger partial charge in [-0.2, -0.15) is 0 Å². The normalized spacial score (nSPS) is 21.5. The molecular formula is C16H19NO3. The number of aryl methyl sites for hydroxylation is 1. The maximum atomic E-state index is 12.5. The summed E-state index contributed by atoms with van der Waals surface area (Å²) < 4.78 is 0. The van der Waals surface area contributed by atoms with Crippen molar-refractivity contribution in [1.29, 1.82) is 0 Å². The first-order chi connectivity index (χ1) is 9.50. The fraction of sp³-hybridized carbons (Fsp3) is 0.375. The predicted molar refractivity (Wildman–Crippen MR) is 77.6 cm³/mol. The highest BCUT2D eigenvalue weighted by Gasteiger charge is 2.35. The number of carbonyl (C=O) groups is 2. The monoisotopic (exact) mass is 273 g/mol. The average molecular weight is 273 g/mol. The summed E-state index contributed by atoms with van der Waals surface area (Å²) in [4.78, 5) is 25.4. The zero-order valence-electron chi connectivity index (χ0n) is 11.7. The van der Waals surface area contributed by atoms with E-state index in [4.69, 9.17) is 0 Å². The van der Waals surface area contributed by atoms with Crippen LogP contribution in [-0.2, 0) is 9.59 Å². The number of carboxylic acids is 1. The maximum absolute atomic E-state index is 12.5. The first-order valence-corrected chi connectivity index (χ1v) is 6.72. The third-order valence-corrected chi connectivity index (χ3v) is 3.82. The summed E-state index contributed by atoms with van der Waals surface area (Å²) in [6.45, 7) is 1.98. The first-order valence-electron chi connectivity index (χ1n) is 6.72. The van der Waals surface area contributed by atoms with Crippen LogP contribution in [0, 0.1) is 18.8 Å². The molecule has 0 aliphatic heterocycles. The van der Waals surface area contributed by atoms with Gasteiger partial charge in [0.05, 0.1) is 11.8 Å². The van der Waals surface area contributed by atoms with Gasteiger partial charge in [-0.3, -0.25) is 9.59 Å². The second-order valence-corrected chi connectivity index (χ2v) is 5.23. The molecule has 1 aromatic carbocycles. The summed E-state index contributed by atoms with van der Waals surface area (Å²) in [5.74, 6) is -2.14. The molecule has 0 radical (unpaired) electrons. The van der Waals surface area contributed by atoms with E-state index in [2.05, 4.69) is 0 Å². The van der Waals surface area contributed by atoms with Crippen LogP contribution >= 0.6 is 0 Å². The SMILES string of the molecule is Cc1ccc(N(C)C(=O)C2CC=CCC2C(=O)O)cc1. The van der Waals surface area contributed by atoms with Crippen molar-refractivity contribution in [2.24, 2.45) is 11.8 Å². The number of anilines is 1. The van der Waals surface area contributed by atoms with Gasteiger partial charge in [0.15, 0.2) is 0 Å². The fourth-order valence-electron chi connectivity index (χ4n) is 2.50. The Hall–Kier alpha value is -2.10. The number of rotatable bonds is 3. The smallest absolute Gasteiger partial charge is 0.307 e. The zero-order chi connectivity index (χ0) is 14.7. The largest absolute Gasteiger partial charge is 0.481 e. The quantitative estimate of drug-likeness (QED) is 0.861. The molecule has 4 heteroatoms. The molecule has 106 valence electrons. The van der Waals surface area contributed by atoms with Crippen molar-refractivity contribution in [1.82, 2.24) is 0 Å². The molecule has 1 aromatic rings. The lowest BCUT2D eigenvalue weighted by Crippen LogP contribution is -2.40. The van der Waals surface area contributed by atoms with Gasteiger partial charge in [-0.15, -0.1) is 0 Å². The van der Waals surface area contributed by atoms with E-state index in [1.54, 1.807) is 11.9 Å². The van der Waals surface area contributed by atoms with Gasteiger partial charge in [0, 0.05) is 12.7 Å². The molecule has 2 unspecified atom stereocenters. The Labute approximate surface area is 118 Å². The molecule has 0 saturated carbocycles. The Morgan fingerprint density at radius 3 is 2.20 bits per heavy atom. The molecular weight excluding hydrogens is 254 g/mol. The van der Waals surface area contributed by atoms with Gasteiger partial charge in [0.1, 0.15) is 0 Å². The van der Waals surface area contributed by atoms with Crippen LogP contribution in [0.25, 0.3) is 0 Å². The van der Waals surface area contributed by atoms with Crippen LogP contribution in [0.2, 0.25) is 0 Å². The van der Waals surface area contributed by atoms with Crippen molar-refractivity contribution in [3.63, 3.8) is 0 Å². The number of aliphatic carboxylic acids is 1. The highest BCUT2D eigenvalue weighted by molar-refractivity contribution is 5.97. The van der Waals surface area contributed by atoms with E-state index in [1.165, 1.54) is 0 Å². The molecule has 2 atom stereocenters. The number of carbonyl (C=O) groups excluding carboxylic acids is 1. The molecule has 20 heavy (non-hydrogen) atoms. The lowest BCUT2D eigenvalue weighted by Gasteiger charge is -2.28. The highest BCUT2D eigenvalue weighted by atomic mass is 16.4. The summed E-state index contributed by atoms with van der Waals surface area (Å²) in [7, 11) is 1.70. The minimum atomic E-state index is -0.898. The van der Waals surface area contributed by atoms with Gasteiger partial charge in [-0.25, -0.2) is 0 Å². The molecule has 2 rings (SSSR count). The number of benzene rings is 1. The van der Waals surface area contributed by atoms with E-state index in [0.717, 1.165) is 11.3 Å². The Balaban J connectivity index is 2.19. The third kappa shape index (κ3) is 2.90. The van der Waals surface area contributed by atoms with Crippen LogP contribution in [0.1, 0.15) is 18.4 Å². The van der Waals surface area contributed by atoms with Crippen LogP contribution in [0.3, 0.4) is 0 Å². The molecule has 0 fully saturated rings. The molecule has 0 bridgehead atoms. The Morgan fingerprint density at radius 2 is 1.65 bits per heavy atom. The lowest BCUT2D eigenvalue weighted by molar-refractivity contribution is -0.146. The molecule has 1 N–H and O–H groups in total. The first kappa shape index (κ1) is 14.3. The van der Waals surface area contributed by atoms with Gasteiger partial charge in [-0.1, -0.05) is 29.8 Å². The molecule has 1 aliphatic carbocycles. The van der Waals surface area contributed by atoms with Gasteiger partial charge in [0.25, 0.3) is 0 Å². The minimum Gasteiger partial charge on any atom is -0.481 e. The predicted octanol–water partition coefficient (Wildman–Crippen LogP) is 2.62. The fourth-order valence-corrected chi connectivity index (χ4v) is 2.50. The van der Waals surface area contributed by atoms with Crippen LogP contribution in [-0.4, -0.2) is 24.0 Å². The minimum absolute atomic E-state index is 0.134. The van der Waals surface area contributed by atoms with Crippen molar-refractivity contribution in [3.05, 3.63) is 42.0 Å². The van der Waals surface area contributed by atoms with Gasteiger partial charge >= 0.3 is 5.97 Å². The Morgan fingerprint density at radius 1 is 1.10 bits per heavy atom. The standard InChI is InChI=1S/C16H19NO3/c1-11-7-9-12(10-8-11)17(2)15(18)13-5-3-4-6-14(13)16(19)20/h3-4,7-10,13-14H,5-6H2,1-2H3,(H,19,20). The van der Waals surface area contributed by atoms with E-state index in [-0.39, 0.29) is 5.91 Å². The molecule has 0 saturated heterocycles. The van der Waals surface area contributed by atoms with E-state index >= 15 is 0 Å². The number of amides is 1. The molecule has 1 aliphatic rings. The van der Waals surface area contributed by atoms with Crippen molar-refractivity contribution in [2.45, 2.75) is 19.8 Å². The Bertz CT molecular complexity index is 533. The van der Waals surface area contributed by atoms with E-state index < -0.39 is 17.8 Å². The van der Waals surface area contributed by atoms with E-state index in [0.29, 0.717) is 12.8 Å². The summed E-state index contributed by atoms with van der Waals surface area (Å²) in [5, 5.41) is 9.24. The second kappa shape index (κ2) is 5.90. The van der Waals surface area contributed by atoms with E-state index in [1.807, 2.05) is 43.3 Å². The van der Waals surface area contributed by atoms with E-state index in [9.17, 15) is 14.7 Å². The van der Waals surface area contributed by atoms with Crippen LogP contribution in [0.5, 0.6) is 0 Å². The topological polar surface area (TPSA) is 57.6 Å². The van der Waals surface area contributed by atoms with Crippen molar-refractivity contribution in [3.8, 4) is 0 Å². The average Bonchev–Trinajstić information content (AvgIpc) is 2.46. The third-order valence-electron chi connectivity index (χ3n) is 3.82. The van der Waals surface area contributed by atoms with Gasteiger partial charge < -0.3 is 10.0 Å². The van der Waals surface area contributed by atoms with Crippen molar-refractivity contribution >= 4 is 17.6 Å². The summed E-state index contributed by atoms with van der Waals surface area (Å²) in [6.07, 6.45) is 4.65. The molecule has 1 amide bonds. The zero-order valence-corrected chi connectivity index (χ0v) is 11.7. The van der Waals surface area contributed by atoms with Crippen molar-refractivity contribution in [2.75, 3.05) is 11.9 Å². The number of hydrogen-bond donors (Lipinski definition) is 1. The molecule has 0 spiro atoms.